The summed E-state index contributed by atoms with van der Waals surface area (Å²) < 4.78 is 5.30. The summed E-state index contributed by atoms with van der Waals surface area (Å²) in [6.07, 6.45) is 1.64. The van der Waals surface area contributed by atoms with Crippen molar-refractivity contribution in [2.24, 2.45) is 5.10 Å². The van der Waals surface area contributed by atoms with Crippen LogP contribution < -0.4 is 10.2 Å². The van der Waals surface area contributed by atoms with Gasteiger partial charge in [-0.1, -0.05) is 40.9 Å². The second kappa shape index (κ2) is 8.15. The number of amides is 1. The van der Waals surface area contributed by atoms with E-state index >= 15 is 0 Å². The minimum Gasteiger partial charge on any atom is -0.481 e. The van der Waals surface area contributed by atoms with Gasteiger partial charge in [-0.2, -0.15) is 5.10 Å². The summed E-state index contributed by atoms with van der Waals surface area (Å²) in [5.41, 5.74) is 3.61. The first kappa shape index (κ1) is 17.5. The van der Waals surface area contributed by atoms with E-state index in [0.29, 0.717) is 16.4 Å². The van der Waals surface area contributed by atoms with E-state index in [9.17, 15) is 4.79 Å². The van der Waals surface area contributed by atoms with Crippen molar-refractivity contribution in [1.82, 2.24) is 10.4 Å². The number of rotatable bonds is 5. The molecule has 1 heterocycles. The third-order valence-electron chi connectivity index (χ3n) is 2.69. The summed E-state index contributed by atoms with van der Waals surface area (Å²) in [7, 11) is 0. The first-order chi connectivity index (χ1) is 11.0. The lowest BCUT2D eigenvalue weighted by Crippen LogP contribution is -2.25. The van der Waals surface area contributed by atoms with Crippen LogP contribution in [0.3, 0.4) is 0 Å². The lowest BCUT2D eigenvalue weighted by molar-refractivity contribution is -0.123. The number of hydrogen-bond donors (Lipinski definition) is 1. The highest BCUT2D eigenvalue weighted by molar-refractivity contribution is 6.40. The fraction of sp³-hybridized carbons (Fsp3) is 0.133. The van der Waals surface area contributed by atoms with Crippen LogP contribution in [0.25, 0.3) is 0 Å². The van der Waals surface area contributed by atoms with E-state index < -0.39 is 5.91 Å². The zero-order valence-electron chi connectivity index (χ0n) is 12.0. The summed E-state index contributed by atoms with van der Waals surface area (Å²) in [6, 6.07) is 8.37. The Morgan fingerprint density at radius 2 is 1.96 bits per heavy atom. The van der Waals surface area contributed by atoms with Gasteiger partial charge in [-0.3, -0.25) is 9.78 Å². The maximum Gasteiger partial charge on any atom is 0.277 e. The number of nitrogens with zero attached hydrogens (tertiary/aromatic N) is 2. The molecular formula is C15H12Cl3N3O2. The highest BCUT2D eigenvalue weighted by atomic mass is 35.5. The quantitative estimate of drug-likeness (QED) is 0.638. The topological polar surface area (TPSA) is 63.6 Å². The average Bonchev–Trinajstić information content (AvgIpc) is 2.52. The van der Waals surface area contributed by atoms with Crippen LogP contribution in [0.2, 0.25) is 15.1 Å². The van der Waals surface area contributed by atoms with Gasteiger partial charge in [0.25, 0.3) is 5.91 Å². The molecule has 0 spiro atoms. The molecule has 0 aliphatic rings. The number of carbonyl (C=O) groups is 1. The van der Waals surface area contributed by atoms with E-state index in [1.54, 1.807) is 25.3 Å². The first-order valence-electron chi connectivity index (χ1n) is 6.49. The molecule has 0 saturated heterocycles. The minimum atomic E-state index is -0.456. The van der Waals surface area contributed by atoms with Crippen LogP contribution in [-0.2, 0) is 4.79 Å². The van der Waals surface area contributed by atoms with Gasteiger partial charge in [0.15, 0.2) is 12.4 Å². The second-order valence-electron chi connectivity index (χ2n) is 4.43. The Bertz CT molecular complexity index is 713. The number of benzene rings is 1. The molecule has 0 bridgehead atoms. The average molecular weight is 373 g/mol. The molecule has 0 fully saturated rings. The second-order valence-corrected chi connectivity index (χ2v) is 5.69. The molecule has 1 aromatic heterocycles. The molecule has 8 heteroatoms. The predicted molar refractivity (Wildman–Crippen MR) is 91.6 cm³/mol. The molecule has 1 N–H and O–H groups in total. The van der Waals surface area contributed by atoms with Gasteiger partial charge < -0.3 is 4.74 Å². The van der Waals surface area contributed by atoms with Crippen LogP contribution in [0.4, 0.5) is 0 Å². The van der Waals surface area contributed by atoms with Crippen molar-refractivity contribution >= 4 is 46.4 Å². The van der Waals surface area contributed by atoms with Crippen molar-refractivity contribution < 1.29 is 9.53 Å². The highest BCUT2D eigenvalue weighted by Crippen LogP contribution is 2.35. The Hall–Kier alpha value is -1.82. The number of hydrazone groups is 1. The van der Waals surface area contributed by atoms with E-state index in [1.165, 1.54) is 12.1 Å². The summed E-state index contributed by atoms with van der Waals surface area (Å²) >= 11 is 17.7. The van der Waals surface area contributed by atoms with Gasteiger partial charge in [0.2, 0.25) is 0 Å². The SMILES string of the molecule is C/C(=N\NC(=O)COc1c(Cl)cc(Cl)cc1Cl)c1ccccn1. The van der Waals surface area contributed by atoms with Gasteiger partial charge >= 0.3 is 0 Å². The van der Waals surface area contributed by atoms with Crippen molar-refractivity contribution in [3.05, 3.63) is 57.3 Å². The molecule has 0 radical (unpaired) electrons. The maximum absolute atomic E-state index is 11.8. The molecule has 0 aliphatic heterocycles. The molecular weight excluding hydrogens is 361 g/mol. The van der Waals surface area contributed by atoms with Crippen molar-refractivity contribution in [1.29, 1.82) is 0 Å². The van der Waals surface area contributed by atoms with Crippen molar-refractivity contribution in [2.45, 2.75) is 6.92 Å². The van der Waals surface area contributed by atoms with Crippen molar-refractivity contribution in [3.8, 4) is 5.75 Å². The number of pyridine rings is 1. The van der Waals surface area contributed by atoms with E-state index in [1.807, 2.05) is 6.07 Å². The molecule has 5 nitrogen and oxygen atoms in total. The van der Waals surface area contributed by atoms with Crippen LogP contribution >= 0.6 is 34.8 Å². The zero-order valence-corrected chi connectivity index (χ0v) is 14.3. The zero-order chi connectivity index (χ0) is 16.8. The summed E-state index contributed by atoms with van der Waals surface area (Å²) in [4.78, 5) is 15.9. The Morgan fingerprint density at radius 1 is 1.26 bits per heavy atom. The molecule has 2 rings (SSSR count). The van der Waals surface area contributed by atoms with Gasteiger partial charge in [-0.15, -0.1) is 0 Å². The number of halogens is 3. The van der Waals surface area contributed by atoms with Gasteiger partial charge in [0.1, 0.15) is 0 Å². The van der Waals surface area contributed by atoms with Crippen molar-refractivity contribution in [3.63, 3.8) is 0 Å². The third kappa shape index (κ3) is 5.10. The van der Waals surface area contributed by atoms with Gasteiger partial charge in [0.05, 0.1) is 21.5 Å². The van der Waals surface area contributed by atoms with Gasteiger partial charge in [-0.25, -0.2) is 5.43 Å². The van der Waals surface area contributed by atoms with Gasteiger partial charge in [0, 0.05) is 11.2 Å². The van der Waals surface area contributed by atoms with Crippen LogP contribution in [-0.4, -0.2) is 23.2 Å². The van der Waals surface area contributed by atoms with Crippen LogP contribution in [0, 0.1) is 0 Å². The predicted octanol–water partition coefficient (Wildman–Crippen LogP) is 3.96. The maximum atomic E-state index is 11.8. The fourth-order valence-electron chi connectivity index (χ4n) is 1.62. The molecule has 0 atom stereocenters. The van der Waals surface area contributed by atoms with Crippen LogP contribution in [0.1, 0.15) is 12.6 Å². The van der Waals surface area contributed by atoms with Crippen molar-refractivity contribution in [2.75, 3.05) is 6.61 Å². The van der Waals surface area contributed by atoms with E-state index in [2.05, 4.69) is 15.5 Å². The lowest BCUT2D eigenvalue weighted by Gasteiger charge is -2.09. The fourth-order valence-corrected chi connectivity index (χ4v) is 2.54. The molecule has 0 aliphatic carbocycles. The third-order valence-corrected chi connectivity index (χ3v) is 3.47. The number of ether oxygens (including phenoxy) is 1. The Morgan fingerprint density at radius 3 is 2.57 bits per heavy atom. The minimum absolute atomic E-state index is 0.193. The molecule has 0 saturated carbocycles. The molecule has 1 aromatic carbocycles. The largest absolute Gasteiger partial charge is 0.481 e. The smallest absolute Gasteiger partial charge is 0.277 e. The standard InChI is InChI=1S/C15H12Cl3N3O2/c1-9(13-4-2-3-5-19-13)20-21-14(22)8-23-15-11(17)6-10(16)7-12(15)18/h2-7H,8H2,1H3,(H,21,22)/b20-9+. The van der Waals surface area contributed by atoms with E-state index in [0.717, 1.165) is 0 Å². The number of aromatic nitrogens is 1. The molecule has 2 aromatic rings. The lowest BCUT2D eigenvalue weighted by atomic mass is 10.3. The van der Waals surface area contributed by atoms with E-state index in [-0.39, 0.29) is 22.4 Å². The highest BCUT2D eigenvalue weighted by Gasteiger charge is 2.11. The molecule has 23 heavy (non-hydrogen) atoms. The summed E-state index contributed by atoms with van der Waals surface area (Å²) in [5.74, 6) is -0.263. The molecule has 1 amide bonds. The number of carbonyl (C=O) groups excluding carboxylic acids is 1. The number of hydrogen-bond acceptors (Lipinski definition) is 4. The summed E-state index contributed by atoms with van der Waals surface area (Å²) in [6.45, 7) is 1.44. The van der Waals surface area contributed by atoms with Crippen LogP contribution in [0.15, 0.2) is 41.6 Å². The first-order valence-corrected chi connectivity index (χ1v) is 7.62. The normalized spacial score (nSPS) is 11.2. The van der Waals surface area contributed by atoms with Crippen LogP contribution in [0.5, 0.6) is 5.75 Å². The monoisotopic (exact) mass is 371 g/mol. The molecule has 0 unspecified atom stereocenters. The van der Waals surface area contributed by atoms with Gasteiger partial charge in [-0.05, 0) is 31.2 Å². The van der Waals surface area contributed by atoms with E-state index in [4.69, 9.17) is 39.5 Å². The summed E-state index contributed by atoms with van der Waals surface area (Å²) in [5, 5.41) is 4.79. The Balaban J connectivity index is 1.94. The Labute approximate surface area is 148 Å². The number of nitrogens with one attached hydrogen (secondary N) is 1. The Kier molecular flexibility index (Phi) is 6.21. The molecule has 120 valence electrons.